The van der Waals surface area contributed by atoms with Crippen LogP contribution in [0.3, 0.4) is 0 Å². The van der Waals surface area contributed by atoms with E-state index in [1.165, 1.54) is 6.21 Å². The fraction of sp³-hybridized carbons (Fsp3) is 0.636. The van der Waals surface area contributed by atoms with E-state index in [4.69, 9.17) is 5.41 Å². The van der Waals surface area contributed by atoms with Gasteiger partial charge in [0, 0.05) is 23.7 Å². The third-order valence-corrected chi connectivity index (χ3v) is 1.93. The van der Waals surface area contributed by atoms with E-state index in [0.717, 1.165) is 17.0 Å². The van der Waals surface area contributed by atoms with Crippen LogP contribution in [0.15, 0.2) is 16.4 Å². The molecule has 0 aromatic carbocycles. The van der Waals surface area contributed by atoms with E-state index >= 15 is 0 Å². The molecule has 0 spiro atoms. The summed E-state index contributed by atoms with van der Waals surface area (Å²) in [5, 5.41) is 13.6. The normalized spacial score (nSPS) is 12.2. The Hall–Kier alpha value is -1.12. The van der Waals surface area contributed by atoms with Gasteiger partial charge in [-0.2, -0.15) is 5.10 Å². The zero-order chi connectivity index (χ0) is 11.3. The summed E-state index contributed by atoms with van der Waals surface area (Å²) in [5.74, 6) is 0. The predicted octanol–water partition coefficient (Wildman–Crippen LogP) is 3.04. The Balaban J connectivity index is 5.03. The summed E-state index contributed by atoms with van der Waals surface area (Å²) in [6.07, 6.45) is 1.37. The highest BCUT2D eigenvalue weighted by Crippen LogP contribution is 2.13. The van der Waals surface area contributed by atoms with Crippen LogP contribution in [0.1, 0.15) is 41.5 Å². The second-order valence-corrected chi connectivity index (χ2v) is 3.90. The van der Waals surface area contributed by atoms with Crippen molar-refractivity contribution in [3.8, 4) is 0 Å². The Morgan fingerprint density at radius 3 is 2.00 bits per heavy atom. The lowest BCUT2D eigenvalue weighted by atomic mass is 10.2. The first-order valence-electron chi connectivity index (χ1n) is 4.89. The van der Waals surface area contributed by atoms with Crippen LogP contribution in [0, 0.1) is 5.41 Å². The van der Waals surface area contributed by atoms with Crippen LogP contribution in [-0.4, -0.2) is 23.0 Å². The fourth-order valence-corrected chi connectivity index (χ4v) is 1.08. The molecule has 0 aliphatic rings. The lowest BCUT2D eigenvalue weighted by Crippen LogP contribution is -2.25. The number of hydrogen-bond acceptors (Lipinski definition) is 3. The van der Waals surface area contributed by atoms with Crippen molar-refractivity contribution >= 4 is 11.9 Å². The predicted molar refractivity (Wildman–Crippen MR) is 62.9 cm³/mol. The quantitative estimate of drug-likeness (QED) is 0.543. The molecule has 0 saturated carbocycles. The van der Waals surface area contributed by atoms with Gasteiger partial charge in [-0.1, -0.05) is 0 Å². The molecule has 0 rings (SSSR count). The van der Waals surface area contributed by atoms with Crippen molar-refractivity contribution in [1.82, 2.24) is 5.01 Å². The molecular formula is C11H21N3. The number of hydrazone groups is 1. The number of nitrogens with one attached hydrogen (secondary N) is 1. The SMILES string of the molecule is CC(C)=NN(/C(C)=C(\C)C=N)C(C)C. The summed E-state index contributed by atoms with van der Waals surface area (Å²) in [6.45, 7) is 12.1. The summed E-state index contributed by atoms with van der Waals surface area (Å²) in [4.78, 5) is 0. The molecular weight excluding hydrogens is 174 g/mol. The van der Waals surface area contributed by atoms with Crippen molar-refractivity contribution in [3.05, 3.63) is 11.3 Å². The van der Waals surface area contributed by atoms with E-state index in [-0.39, 0.29) is 0 Å². The smallest absolute Gasteiger partial charge is 0.0466 e. The number of nitrogens with zero attached hydrogens (tertiary/aromatic N) is 2. The Morgan fingerprint density at radius 1 is 1.21 bits per heavy atom. The van der Waals surface area contributed by atoms with Crippen LogP contribution in [-0.2, 0) is 0 Å². The zero-order valence-electron chi connectivity index (χ0n) is 10.0. The van der Waals surface area contributed by atoms with Gasteiger partial charge in [-0.3, -0.25) is 5.01 Å². The molecule has 1 N–H and O–H groups in total. The van der Waals surface area contributed by atoms with Gasteiger partial charge in [0.05, 0.1) is 0 Å². The van der Waals surface area contributed by atoms with Crippen molar-refractivity contribution in [3.63, 3.8) is 0 Å². The minimum absolute atomic E-state index is 0.319. The first-order chi connectivity index (χ1) is 6.40. The molecule has 0 fully saturated rings. The van der Waals surface area contributed by atoms with Crippen molar-refractivity contribution < 1.29 is 0 Å². The zero-order valence-corrected chi connectivity index (χ0v) is 10.0. The number of rotatable bonds is 4. The van der Waals surface area contributed by atoms with Crippen molar-refractivity contribution in [2.75, 3.05) is 0 Å². The number of hydrogen-bond donors (Lipinski definition) is 1. The molecule has 3 nitrogen and oxygen atoms in total. The van der Waals surface area contributed by atoms with Gasteiger partial charge in [0.2, 0.25) is 0 Å². The minimum atomic E-state index is 0.319. The summed E-state index contributed by atoms with van der Waals surface area (Å²) < 4.78 is 0. The minimum Gasteiger partial charge on any atom is -0.308 e. The van der Waals surface area contributed by atoms with Crippen LogP contribution in [0.4, 0.5) is 0 Å². The maximum Gasteiger partial charge on any atom is 0.0466 e. The largest absolute Gasteiger partial charge is 0.308 e. The molecule has 0 heterocycles. The topological polar surface area (TPSA) is 39.5 Å². The summed E-state index contributed by atoms with van der Waals surface area (Å²) in [5.41, 5.74) is 3.01. The van der Waals surface area contributed by atoms with Gasteiger partial charge in [0.25, 0.3) is 0 Å². The molecule has 0 saturated heterocycles. The van der Waals surface area contributed by atoms with Gasteiger partial charge in [0.1, 0.15) is 0 Å². The molecule has 14 heavy (non-hydrogen) atoms. The summed E-state index contributed by atoms with van der Waals surface area (Å²) >= 11 is 0. The van der Waals surface area contributed by atoms with E-state index in [0.29, 0.717) is 6.04 Å². The molecule has 0 aromatic rings. The third kappa shape index (κ3) is 3.73. The first kappa shape index (κ1) is 12.9. The highest BCUT2D eigenvalue weighted by Gasteiger charge is 2.09. The fourth-order valence-electron chi connectivity index (χ4n) is 1.08. The Bertz CT molecular complexity index is 258. The Morgan fingerprint density at radius 2 is 1.71 bits per heavy atom. The van der Waals surface area contributed by atoms with Gasteiger partial charge in [0.15, 0.2) is 0 Å². The van der Waals surface area contributed by atoms with Crippen LogP contribution < -0.4 is 0 Å². The highest BCUT2D eigenvalue weighted by molar-refractivity contribution is 5.79. The lowest BCUT2D eigenvalue weighted by molar-refractivity contribution is 0.297. The van der Waals surface area contributed by atoms with E-state index < -0.39 is 0 Å². The van der Waals surface area contributed by atoms with E-state index in [1.54, 1.807) is 0 Å². The molecule has 80 valence electrons. The van der Waals surface area contributed by atoms with Crippen LogP contribution in [0.25, 0.3) is 0 Å². The molecule has 0 radical (unpaired) electrons. The van der Waals surface area contributed by atoms with Gasteiger partial charge in [-0.05, 0) is 47.1 Å². The van der Waals surface area contributed by atoms with Gasteiger partial charge >= 0.3 is 0 Å². The third-order valence-electron chi connectivity index (χ3n) is 1.93. The lowest BCUT2D eigenvalue weighted by Gasteiger charge is -2.25. The molecule has 0 atom stereocenters. The van der Waals surface area contributed by atoms with Crippen molar-refractivity contribution in [1.29, 1.82) is 5.41 Å². The molecule has 0 aliphatic heterocycles. The van der Waals surface area contributed by atoms with Crippen LogP contribution in [0.2, 0.25) is 0 Å². The Kier molecular flexibility index (Phi) is 5.13. The molecule has 0 unspecified atom stereocenters. The van der Waals surface area contributed by atoms with E-state index in [1.807, 2.05) is 32.7 Å². The Labute approximate surface area is 87.0 Å². The molecule has 0 aromatic heterocycles. The van der Waals surface area contributed by atoms with Gasteiger partial charge < -0.3 is 5.41 Å². The maximum atomic E-state index is 7.20. The highest BCUT2D eigenvalue weighted by atomic mass is 15.5. The molecule has 0 aliphatic carbocycles. The van der Waals surface area contributed by atoms with Crippen LogP contribution >= 0.6 is 0 Å². The average molecular weight is 195 g/mol. The monoisotopic (exact) mass is 195 g/mol. The molecule has 0 amide bonds. The molecule has 3 heteroatoms. The van der Waals surface area contributed by atoms with E-state index in [9.17, 15) is 0 Å². The first-order valence-corrected chi connectivity index (χ1v) is 4.89. The van der Waals surface area contributed by atoms with Crippen molar-refractivity contribution in [2.24, 2.45) is 5.10 Å². The summed E-state index contributed by atoms with van der Waals surface area (Å²) in [7, 11) is 0. The maximum absolute atomic E-state index is 7.20. The van der Waals surface area contributed by atoms with Crippen LogP contribution in [0.5, 0.6) is 0 Å². The van der Waals surface area contributed by atoms with Crippen molar-refractivity contribution in [2.45, 2.75) is 47.6 Å². The van der Waals surface area contributed by atoms with Gasteiger partial charge in [-0.25, -0.2) is 0 Å². The average Bonchev–Trinajstić information content (AvgIpc) is 2.11. The standard InChI is InChI=1S/C11H21N3/c1-8(2)13-14(9(3)4)11(6)10(5)7-12/h7,9,12H,1-6H3/b11-10+,12-7?. The van der Waals surface area contributed by atoms with Gasteiger partial charge in [-0.15, -0.1) is 0 Å². The molecule has 0 bridgehead atoms. The van der Waals surface area contributed by atoms with E-state index in [2.05, 4.69) is 18.9 Å². The second-order valence-electron chi connectivity index (χ2n) is 3.90. The summed E-state index contributed by atoms with van der Waals surface area (Å²) in [6, 6.07) is 0.319. The number of allylic oxidation sites excluding steroid dienone is 2. The second kappa shape index (κ2) is 5.58.